The molecular formula is C23H34N2O3. The summed E-state index contributed by atoms with van der Waals surface area (Å²) in [6.07, 6.45) is 9.85. The third kappa shape index (κ3) is 3.86. The van der Waals surface area contributed by atoms with Crippen molar-refractivity contribution in [3.05, 3.63) is 23.8 Å². The van der Waals surface area contributed by atoms with Gasteiger partial charge in [0.1, 0.15) is 0 Å². The Morgan fingerprint density at radius 3 is 2.54 bits per heavy atom. The number of nitrogens with zero attached hydrogens (tertiary/aromatic N) is 2. The summed E-state index contributed by atoms with van der Waals surface area (Å²) < 4.78 is 10.9. The lowest BCUT2D eigenvalue weighted by molar-refractivity contribution is -0.139. The number of likely N-dealkylation sites (tertiary alicyclic amines) is 2. The Morgan fingerprint density at radius 1 is 0.964 bits per heavy atom. The van der Waals surface area contributed by atoms with Crippen molar-refractivity contribution in [1.29, 1.82) is 0 Å². The zero-order valence-corrected chi connectivity index (χ0v) is 17.4. The van der Waals surface area contributed by atoms with Gasteiger partial charge in [-0.2, -0.15) is 0 Å². The molecular weight excluding hydrogens is 352 g/mol. The summed E-state index contributed by atoms with van der Waals surface area (Å²) >= 11 is 0. The lowest BCUT2D eigenvalue weighted by Gasteiger charge is -2.44. The maximum absolute atomic E-state index is 13.2. The molecule has 0 bridgehead atoms. The average Bonchev–Trinajstić information content (AvgIpc) is 3.20. The molecule has 1 amide bonds. The number of amides is 1. The van der Waals surface area contributed by atoms with E-state index in [1.54, 1.807) is 14.2 Å². The zero-order valence-electron chi connectivity index (χ0n) is 17.4. The Labute approximate surface area is 169 Å². The topological polar surface area (TPSA) is 42.0 Å². The van der Waals surface area contributed by atoms with E-state index in [0.717, 1.165) is 43.3 Å². The maximum atomic E-state index is 13.2. The highest BCUT2D eigenvalue weighted by atomic mass is 16.5. The van der Waals surface area contributed by atoms with E-state index in [1.165, 1.54) is 44.1 Å². The fourth-order valence-corrected chi connectivity index (χ4v) is 5.65. The third-order valence-electron chi connectivity index (χ3n) is 7.06. The maximum Gasteiger partial charge on any atom is 0.237 e. The first kappa shape index (κ1) is 19.6. The van der Waals surface area contributed by atoms with Gasteiger partial charge in [-0.15, -0.1) is 0 Å². The van der Waals surface area contributed by atoms with Crippen LogP contribution in [0.5, 0.6) is 11.5 Å². The fourth-order valence-electron chi connectivity index (χ4n) is 5.65. The molecule has 5 nitrogen and oxygen atoms in total. The van der Waals surface area contributed by atoms with Crippen LogP contribution in [0, 0.1) is 5.92 Å². The van der Waals surface area contributed by atoms with Crippen molar-refractivity contribution in [2.24, 2.45) is 5.92 Å². The van der Waals surface area contributed by atoms with Gasteiger partial charge in [-0.1, -0.05) is 18.9 Å². The van der Waals surface area contributed by atoms with Gasteiger partial charge in [0.25, 0.3) is 0 Å². The van der Waals surface area contributed by atoms with E-state index >= 15 is 0 Å². The van der Waals surface area contributed by atoms with E-state index in [1.807, 2.05) is 6.07 Å². The van der Waals surface area contributed by atoms with Gasteiger partial charge < -0.3 is 14.4 Å². The van der Waals surface area contributed by atoms with Crippen molar-refractivity contribution in [3.63, 3.8) is 0 Å². The quantitative estimate of drug-likeness (QED) is 0.766. The van der Waals surface area contributed by atoms with Crippen molar-refractivity contribution in [2.75, 3.05) is 33.9 Å². The van der Waals surface area contributed by atoms with Gasteiger partial charge in [-0.3, -0.25) is 9.69 Å². The SMILES string of the molecule is COc1ccc([C@@H]2CCCN2CC(=O)N2CCC[C@H]3CCCC[C@H]32)cc1OC. The number of ether oxygens (including phenoxy) is 2. The zero-order chi connectivity index (χ0) is 19.5. The second-order valence-electron chi connectivity index (χ2n) is 8.58. The first-order valence-corrected chi connectivity index (χ1v) is 11.0. The van der Waals surface area contributed by atoms with Crippen molar-refractivity contribution >= 4 is 5.91 Å². The molecule has 2 saturated heterocycles. The fraction of sp³-hybridized carbons (Fsp3) is 0.696. The second kappa shape index (κ2) is 8.73. The lowest BCUT2D eigenvalue weighted by Crippen LogP contribution is -2.52. The molecule has 1 aromatic carbocycles. The third-order valence-corrected chi connectivity index (χ3v) is 7.06. The smallest absolute Gasteiger partial charge is 0.237 e. The Balaban J connectivity index is 1.46. The van der Waals surface area contributed by atoms with Crippen LogP contribution in [0.15, 0.2) is 18.2 Å². The highest BCUT2D eigenvalue weighted by molar-refractivity contribution is 5.79. The van der Waals surface area contributed by atoms with E-state index in [2.05, 4.69) is 21.9 Å². The van der Waals surface area contributed by atoms with Crippen LogP contribution in [0.1, 0.15) is 63.0 Å². The molecule has 0 spiro atoms. The molecule has 2 heterocycles. The summed E-state index contributed by atoms with van der Waals surface area (Å²) in [5, 5.41) is 0. The van der Waals surface area contributed by atoms with Crippen molar-refractivity contribution in [1.82, 2.24) is 9.80 Å². The molecule has 0 N–H and O–H groups in total. The van der Waals surface area contributed by atoms with Gasteiger partial charge in [-0.05, 0) is 68.7 Å². The van der Waals surface area contributed by atoms with E-state index in [9.17, 15) is 4.79 Å². The summed E-state index contributed by atoms with van der Waals surface area (Å²) in [4.78, 5) is 17.9. The number of piperidine rings is 1. The summed E-state index contributed by atoms with van der Waals surface area (Å²) in [6, 6.07) is 6.95. The van der Waals surface area contributed by atoms with Gasteiger partial charge in [0.2, 0.25) is 5.91 Å². The van der Waals surface area contributed by atoms with Gasteiger partial charge >= 0.3 is 0 Å². The number of carbonyl (C=O) groups excluding carboxylic acids is 1. The standard InChI is InChI=1S/C23H34N2O3/c1-27-21-12-11-18(15-22(21)28-2)19-10-6-13-24(19)16-23(26)25-14-5-8-17-7-3-4-9-20(17)25/h11-12,15,17,19-20H,3-10,13-14,16H2,1-2H3/t17-,19+,20-/m1/s1. The number of hydrogen-bond donors (Lipinski definition) is 0. The van der Waals surface area contributed by atoms with Crippen LogP contribution in [0.2, 0.25) is 0 Å². The average molecular weight is 387 g/mol. The minimum absolute atomic E-state index is 0.288. The summed E-state index contributed by atoms with van der Waals surface area (Å²) in [5.74, 6) is 2.60. The molecule has 5 heteroatoms. The first-order valence-electron chi connectivity index (χ1n) is 11.0. The molecule has 1 aromatic rings. The highest BCUT2D eigenvalue weighted by Crippen LogP contribution is 2.38. The minimum atomic E-state index is 0.288. The molecule has 4 rings (SSSR count). The minimum Gasteiger partial charge on any atom is -0.493 e. The summed E-state index contributed by atoms with van der Waals surface area (Å²) in [7, 11) is 3.34. The van der Waals surface area contributed by atoms with E-state index in [0.29, 0.717) is 18.5 Å². The molecule has 2 aliphatic heterocycles. The molecule has 3 atom stereocenters. The Morgan fingerprint density at radius 2 is 1.71 bits per heavy atom. The van der Waals surface area contributed by atoms with Crippen molar-refractivity contribution < 1.29 is 14.3 Å². The van der Waals surface area contributed by atoms with Crippen molar-refractivity contribution in [2.45, 2.75) is 63.5 Å². The molecule has 28 heavy (non-hydrogen) atoms. The number of methoxy groups -OCH3 is 2. The predicted octanol–water partition coefficient (Wildman–Crippen LogP) is 4.02. The number of benzene rings is 1. The van der Waals surface area contributed by atoms with Crippen LogP contribution < -0.4 is 9.47 Å². The van der Waals surface area contributed by atoms with Gasteiger partial charge in [0.15, 0.2) is 11.5 Å². The number of rotatable bonds is 5. The normalized spacial score (nSPS) is 28.1. The highest BCUT2D eigenvalue weighted by Gasteiger charge is 2.37. The summed E-state index contributed by atoms with van der Waals surface area (Å²) in [6.45, 7) is 2.49. The molecule has 3 fully saturated rings. The van der Waals surface area contributed by atoms with Crippen LogP contribution in [-0.4, -0.2) is 55.6 Å². The van der Waals surface area contributed by atoms with Gasteiger partial charge in [0, 0.05) is 18.6 Å². The Bertz CT molecular complexity index is 690. The molecule has 154 valence electrons. The number of fused-ring (bicyclic) bond motifs is 1. The first-order chi connectivity index (χ1) is 13.7. The van der Waals surface area contributed by atoms with Crippen LogP contribution in [-0.2, 0) is 4.79 Å². The second-order valence-corrected chi connectivity index (χ2v) is 8.58. The number of carbonyl (C=O) groups is 1. The lowest BCUT2D eigenvalue weighted by atomic mass is 9.78. The van der Waals surface area contributed by atoms with E-state index < -0.39 is 0 Å². The molecule has 1 aliphatic carbocycles. The molecule has 0 radical (unpaired) electrons. The van der Waals surface area contributed by atoms with Crippen LogP contribution in [0.3, 0.4) is 0 Å². The van der Waals surface area contributed by atoms with E-state index in [-0.39, 0.29) is 6.04 Å². The van der Waals surface area contributed by atoms with Gasteiger partial charge in [0.05, 0.1) is 20.8 Å². The van der Waals surface area contributed by atoms with E-state index in [4.69, 9.17) is 9.47 Å². The Hall–Kier alpha value is -1.75. The Kier molecular flexibility index (Phi) is 6.10. The monoisotopic (exact) mass is 386 g/mol. The largest absolute Gasteiger partial charge is 0.493 e. The number of hydrogen-bond acceptors (Lipinski definition) is 4. The molecule has 0 unspecified atom stereocenters. The van der Waals surface area contributed by atoms with Crippen LogP contribution in [0.4, 0.5) is 0 Å². The van der Waals surface area contributed by atoms with Crippen LogP contribution in [0.25, 0.3) is 0 Å². The molecule has 0 aromatic heterocycles. The molecule has 1 saturated carbocycles. The summed E-state index contributed by atoms with van der Waals surface area (Å²) in [5.41, 5.74) is 1.22. The van der Waals surface area contributed by atoms with Crippen molar-refractivity contribution in [3.8, 4) is 11.5 Å². The molecule has 3 aliphatic rings. The van der Waals surface area contributed by atoms with Gasteiger partial charge in [-0.25, -0.2) is 0 Å². The van der Waals surface area contributed by atoms with Crippen LogP contribution >= 0.6 is 0 Å². The predicted molar refractivity (Wildman–Crippen MR) is 110 cm³/mol.